The molecule has 1 saturated heterocycles. The van der Waals surface area contributed by atoms with Gasteiger partial charge in [-0.2, -0.15) is 5.10 Å². The van der Waals surface area contributed by atoms with Crippen LogP contribution in [0.5, 0.6) is 0 Å². The third-order valence-corrected chi connectivity index (χ3v) is 4.38. The first-order valence-corrected chi connectivity index (χ1v) is 7.67. The van der Waals surface area contributed by atoms with Crippen molar-refractivity contribution in [1.82, 2.24) is 14.7 Å². The van der Waals surface area contributed by atoms with E-state index >= 15 is 0 Å². The molecular weight excluding hydrogens is 310 g/mol. The zero-order valence-electron chi connectivity index (χ0n) is 13.4. The van der Waals surface area contributed by atoms with E-state index in [2.05, 4.69) is 5.10 Å². The van der Waals surface area contributed by atoms with Crippen molar-refractivity contribution in [3.05, 3.63) is 48.3 Å². The summed E-state index contributed by atoms with van der Waals surface area (Å²) in [6, 6.07) is 8.94. The summed E-state index contributed by atoms with van der Waals surface area (Å²) in [5, 5.41) is 13.7. The van der Waals surface area contributed by atoms with Crippen molar-refractivity contribution in [3.63, 3.8) is 0 Å². The van der Waals surface area contributed by atoms with Crippen molar-refractivity contribution < 1.29 is 19.4 Å². The molecule has 1 atom stereocenters. The van der Waals surface area contributed by atoms with Crippen molar-refractivity contribution in [1.29, 1.82) is 0 Å². The van der Waals surface area contributed by atoms with Gasteiger partial charge in [-0.3, -0.25) is 9.59 Å². The minimum absolute atomic E-state index is 0.0967. The molecule has 24 heavy (non-hydrogen) atoms. The van der Waals surface area contributed by atoms with Gasteiger partial charge in [-0.25, -0.2) is 4.68 Å². The highest BCUT2D eigenvalue weighted by atomic mass is 16.5. The molecule has 1 aromatic heterocycles. The lowest BCUT2D eigenvalue weighted by molar-refractivity contribution is -0.151. The number of hydrogen-bond acceptors (Lipinski definition) is 4. The molecule has 7 heteroatoms. The molecular formula is C17H19N3O4. The van der Waals surface area contributed by atoms with E-state index in [1.54, 1.807) is 46.2 Å². The van der Waals surface area contributed by atoms with Crippen molar-refractivity contribution in [3.8, 4) is 5.69 Å². The molecule has 0 saturated carbocycles. The molecule has 1 aliphatic rings. The van der Waals surface area contributed by atoms with E-state index < -0.39 is 11.4 Å². The second-order valence-electron chi connectivity index (χ2n) is 6.00. The van der Waals surface area contributed by atoms with Crippen molar-refractivity contribution in [2.75, 3.05) is 26.8 Å². The van der Waals surface area contributed by atoms with Crippen LogP contribution in [0.15, 0.2) is 42.7 Å². The Morgan fingerprint density at radius 2 is 2.21 bits per heavy atom. The highest BCUT2D eigenvalue weighted by Crippen LogP contribution is 2.32. The summed E-state index contributed by atoms with van der Waals surface area (Å²) >= 11 is 0. The molecule has 1 amide bonds. The average Bonchev–Trinajstić information content (AvgIpc) is 3.25. The molecule has 1 fully saturated rings. The van der Waals surface area contributed by atoms with Crippen LogP contribution in [-0.2, 0) is 9.53 Å². The maximum atomic E-state index is 12.7. The van der Waals surface area contributed by atoms with Crippen LogP contribution in [0.1, 0.15) is 16.8 Å². The number of ether oxygens (including phenoxy) is 1. The Balaban J connectivity index is 1.80. The second-order valence-corrected chi connectivity index (χ2v) is 6.00. The molecule has 0 aliphatic carbocycles. The van der Waals surface area contributed by atoms with Gasteiger partial charge in [-0.05, 0) is 30.7 Å². The van der Waals surface area contributed by atoms with E-state index in [1.165, 1.54) is 7.11 Å². The lowest BCUT2D eigenvalue weighted by atomic mass is 9.88. The largest absolute Gasteiger partial charge is 0.481 e. The van der Waals surface area contributed by atoms with Crippen LogP contribution in [0.3, 0.4) is 0 Å². The molecule has 0 bridgehead atoms. The molecule has 2 heterocycles. The summed E-state index contributed by atoms with van der Waals surface area (Å²) in [4.78, 5) is 25.9. The standard InChI is InChI=1S/C17H19N3O4/c1-24-12-17(16(22)23)6-9-19(11-17)15(21)13-4-2-5-14(10-13)20-8-3-7-18-20/h2-5,7-8,10H,6,9,11-12H2,1H3,(H,22,23). The number of aromatic nitrogens is 2. The number of amides is 1. The van der Waals surface area contributed by atoms with E-state index in [1.807, 2.05) is 6.07 Å². The number of nitrogens with zero attached hydrogens (tertiary/aromatic N) is 3. The van der Waals surface area contributed by atoms with Crippen LogP contribution in [0, 0.1) is 5.41 Å². The van der Waals surface area contributed by atoms with Gasteiger partial charge in [-0.15, -0.1) is 0 Å². The van der Waals surface area contributed by atoms with E-state index in [9.17, 15) is 14.7 Å². The molecule has 1 N–H and O–H groups in total. The van der Waals surface area contributed by atoms with E-state index in [0.717, 1.165) is 5.69 Å². The van der Waals surface area contributed by atoms with Crippen LogP contribution in [0.4, 0.5) is 0 Å². The summed E-state index contributed by atoms with van der Waals surface area (Å²) in [7, 11) is 1.47. The predicted octanol–water partition coefficient (Wildman–Crippen LogP) is 1.44. The predicted molar refractivity (Wildman–Crippen MR) is 86.0 cm³/mol. The molecule has 1 aromatic carbocycles. The first kappa shape index (κ1) is 16.2. The van der Waals surface area contributed by atoms with Gasteiger partial charge in [0, 0.05) is 38.2 Å². The Kier molecular flexibility index (Phi) is 4.35. The van der Waals surface area contributed by atoms with E-state index in [4.69, 9.17) is 4.74 Å². The normalized spacial score (nSPS) is 20.3. The molecule has 1 aliphatic heterocycles. The summed E-state index contributed by atoms with van der Waals surface area (Å²) in [5.74, 6) is -1.10. The van der Waals surface area contributed by atoms with Gasteiger partial charge in [0.25, 0.3) is 5.91 Å². The zero-order valence-corrected chi connectivity index (χ0v) is 13.4. The third kappa shape index (κ3) is 2.90. The maximum absolute atomic E-state index is 12.7. The molecule has 0 spiro atoms. The monoisotopic (exact) mass is 329 g/mol. The number of carbonyl (C=O) groups excluding carboxylic acids is 1. The lowest BCUT2D eigenvalue weighted by Crippen LogP contribution is -2.40. The molecule has 1 unspecified atom stereocenters. The van der Waals surface area contributed by atoms with Crippen LogP contribution < -0.4 is 0 Å². The fourth-order valence-electron chi connectivity index (χ4n) is 3.06. The Bertz CT molecular complexity index is 744. The van der Waals surface area contributed by atoms with E-state index in [0.29, 0.717) is 18.5 Å². The highest BCUT2D eigenvalue weighted by molar-refractivity contribution is 5.95. The number of methoxy groups -OCH3 is 1. The van der Waals surface area contributed by atoms with Crippen molar-refractivity contribution >= 4 is 11.9 Å². The van der Waals surface area contributed by atoms with Gasteiger partial charge >= 0.3 is 5.97 Å². The quantitative estimate of drug-likeness (QED) is 0.897. The molecule has 7 nitrogen and oxygen atoms in total. The van der Waals surface area contributed by atoms with Gasteiger partial charge in [-0.1, -0.05) is 6.07 Å². The average molecular weight is 329 g/mol. The Hall–Kier alpha value is -2.67. The number of carboxylic acid groups (broad SMARTS) is 1. The maximum Gasteiger partial charge on any atom is 0.313 e. The van der Waals surface area contributed by atoms with Gasteiger partial charge in [0.15, 0.2) is 0 Å². The number of carboxylic acids is 1. The van der Waals surface area contributed by atoms with Gasteiger partial charge in [0.05, 0.1) is 12.3 Å². The summed E-state index contributed by atoms with van der Waals surface area (Å²) in [5.41, 5.74) is 0.275. The molecule has 126 valence electrons. The van der Waals surface area contributed by atoms with Crippen molar-refractivity contribution in [2.24, 2.45) is 5.41 Å². The van der Waals surface area contributed by atoms with Crippen LogP contribution >= 0.6 is 0 Å². The third-order valence-electron chi connectivity index (χ3n) is 4.38. The lowest BCUT2D eigenvalue weighted by Gasteiger charge is -2.24. The summed E-state index contributed by atoms with van der Waals surface area (Å²) < 4.78 is 6.74. The minimum Gasteiger partial charge on any atom is -0.481 e. The molecule has 2 aromatic rings. The van der Waals surface area contributed by atoms with Gasteiger partial charge in [0.2, 0.25) is 0 Å². The Morgan fingerprint density at radius 1 is 1.38 bits per heavy atom. The number of rotatable bonds is 5. The fourth-order valence-corrected chi connectivity index (χ4v) is 3.06. The minimum atomic E-state index is -1.02. The first-order chi connectivity index (χ1) is 11.6. The zero-order chi connectivity index (χ0) is 17.2. The van der Waals surface area contributed by atoms with Gasteiger partial charge in [0.1, 0.15) is 5.41 Å². The van der Waals surface area contributed by atoms with Crippen molar-refractivity contribution in [2.45, 2.75) is 6.42 Å². The fraction of sp³-hybridized carbons (Fsp3) is 0.353. The SMILES string of the molecule is COCC1(C(=O)O)CCN(C(=O)c2cccc(-n3cccn3)c2)C1. The number of likely N-dealkylation sites (tertiary alicyclic amines) is 1. The Morgan fingerprint density at radius 3 is 2.88 bits per heavy atom. The van der Waals surface area contributed by atoms with Gasteiger partial charge < -0.3 is 14.7 Å². The summed E-state index contributed by atoms with van der Waals surface area (Å²) in [6.45, 7) is 0.654. The second kappa shape index (κ2) is 6.45. The number of hydrogen-bond donors (Lipinski definition) is 1. The topological polar surface area (TPSA) is 84.7 Å². The molecule has 3 rings (SSSR count). The number of carbonyl (C=O) groups is 2. The first-order valence-electron chi connectivity index (χ1n) is 7.67. The van der Waals surface area contributed by atoms with Crippen LogP contribution in [-0.4, -0.2) is 58.5 Å². The Labute approximate surface area is 139 Å². The van der Waals surface area contributed by atoms with Crippen LogP contribution in [0.2, 0.25) is 0 Å². The highest BCUT2D eigenvalue weighted by Gasteiger charge is 2.46. The number of aliphatic carboxylic acids is 1. The smallest absolute Gasteiger partial charge is 0.313 e. The van der Waals surface area contributed by atoms with Crippen LogP contribution in [0.25, 0.3) is 5.69 Å². The molecule has 0 radical (unpaired) electrons. The van der Waals surface area contributed by atoms with E-state index in [-0.39, 0.29) is 19.1 Å². The summed E-state index contributed by atoms with van der Waals surface area (Å²) in [6.07, 6.45) is 3.86. The number of benzene rings is 1.